The Kier molecular flexibility index (Phi) is 7.55. The van der Waals surface area contributed by atoms with Crippen molar-refractivity contribution in [3.63, 3.8) is 0 Å². The highest BCUT2D eigenvalue weighted by Crippen LogP contribution is 2.61. The Morgan fingerprint density at radius 1 is 1.64 bits per heavy atom. The molecule has 0 aliphatic rings. The van der Waals surface area contributed by atoms with Crippen molar-refractivity contribution in [3.8, 4) is 0 Å². The second-order valence-electron chi connectivity index (χ2n) is 2.43. The predicted molar refractivity (Wildman–Crippen MR) is 67.0 cm³/mol. The van der Waals surface area contributed by atoms with Crippen molar-refractivity contribution in [2.24, 2.45) is 0 Å². The molecule has 0 saturated carbocycles. The van der Waals surface area contributed by atoms with Crippen LogP contribution in [0.15, 0.2) is 12.2 Å². The summed E-state index contributed by atoms with van der Waals surface area (Å²) >= 11 is 6.87. The third-order valence-corrected chi connectivity index (χ3v) is 8.07. The Labute approximate surface area is 94.8 Å². The maximum Gasteiger partial charge on any atom is 0.215 e. The molecule has 0 radical (unpaired) electrons. The number of carbonyl (C=O) groups is 1. The van der Waals surface area contributed by atoms with Crippen LogP contribution < -0.4 is 0 Å². The molecule has 0 saturated heterocycles. The second kappa shape index (κ2) is 7.46. The van der Waals surface area contributed by atoms with E-state index in [4.69, 9.17) is 16.3 Å². The number of hydrogen-bond donors (Lipinski definition) is 0. The first-order valence-corrected chi connectivity index (χ1v) is 8.56. The molecule has 0 aromatic carbocycles. The molecule has 0 bridgehead atoms. The van der Waals surface area contributed by atoms with Crippen LogP contribution in [-0.4, -0.2) is 30.5 Å². The standard InChI is InChI=1S/C8H16NO2PS2/c1-4-6-7-14-12(13,11-5-2)9(3)8-10/h4,6,8H,5,7H2,1-3H3. The lowest BCUT2D eigenvalue weighted by atomic mass is 10.6. The Hall–Kier alpha value is 0.170. The number of nitrogens with zero attached hydrogens (tertiary/aromatic N) is 1. The smallest absolute Gasteiger partial charge is 0.215 e. The summed E-state index contributed by atoms with van der Waals surface area (Å²) in [4.78, 5) is 10.6. The van der Waals surface area contributed by atoms with Gasteiger partial charge in [-0.3, -0.25) is 9.46 Å². The van der Waals surface area contributed by atoms with E-state index in [-0.39, 0.29) is 0 Å². The highest BCUT2D eigenvalue weighted by Gasteiger charge is 2.22. The van der Waals surface area contributed by atoms with Gasteiger partial charge in [0.1, 0.15) is 0 Å². The maximum absolute atomic E-state index is 10.6. The van der Waals surface area contributed by atoms with Crippen molar-refractivity contribution < 1.29 is 9.32 Å². The molecule has 1 atom stereocenters. The summed E-state index contributed by atoms with van der Waals surface area (Å²) in [5.41, 5.74) is -2.18. The van der Waals surface area contributed by atoms with Crippen LogP contribution in [0, 0.1) is 0 Å². The minimum Gasteiger partial charge on any atom is -0.327 e. The highest BCUT2D eigenvalue weighted by molar-refractivity contribution is 8.68. The van der Waals surface area contributed by atoms with Crippen LogP contribution in [0.4, 0.5) is 0 Å². The first kappa shape index (κ1) is 14.2. The van der Waals surface area contributed by atoms with Gasteiger partial charge in [-0.1, -0.05) is 23.5 Å². The fourth-order valence-corrected chi connectivity index (χ4v) is 5.03. The molecule has 1 amide bonds. The molecule has 0 aliphatic heterocycles. The topological polar surface area (TPSA) is 29.5 Å². The zero-order chi connectivity index (χ0) is 11.0. The van der Waals surface area contributed by atoms with E-state index < -0.39 is 5.62 Å². The van der Waals surface area contributed by atoms with E-state index in [0.29, 0.717) is 6.61 Å². The van der Waals surface area contributed by atoms with Crippen molar-refractivity contribution in [1.82, 2.24) is 4.67 Å². The van der Waals surface area contributed by atoms with Crippen molar-refractivity contribution in [1.29, 1.82) is 0 Å². The normalized spacial score (nSPS) is 15.4. The molecule has 0 heterocycles. The lowest BCUT2D eigenvalue weighted by Crippen LogP contribution is -2.12. The van der Waals surface area contributed by atoms with Crippen molar-refractivity contribution >= 4 is 35.2 Å². The van der Waals surface area contributed by atoms with E-state index in [1.54, 1.807) is 7.05 Å². The summed E-state index contributed by atoms with van der Waals surface area (Å²) in [5.74, 6) is 0.784. The monoisotopic (exact) mass is 253 g/mol. The largest absolute Gasteiger partial charge is 0.327 e. The summed E-state index contributed by atoms with van der Waals surface area (Å²) < 4.78 is 6.95. The summed E-state index contributed by atoms with van der Waals surface area (Å²) in [6.45, 7) is 4.38. The second-order valence-corrected chi connectivity index (χ2v) is 9.29. The molecule has 0 aromatic heterocycles. The van der Waals surface area contributed by atoms with Gasteiger partial charge in [0.2, 0.25) is 12.0 Å². The van der Waals surface area contributed by atoms with E-state index in [1.807, 2.05) is 26.0 Å². The first-order chi connectivity index (χ1) is 6.60. The summed E-state index contributed by atoms with van der Waals surface area (Å²) in [7, 11) is 1.67. The molecule has 14 heavy (non-hydrogen) atoms. The van der Waals surface area contributed by atoms with Gasteiger partial charge in [0.25, 0.3) is 0 Å². The van der Waals surface area contributed by atoms with E-state index in [1.165, 1.54) is 16.1 Å². The Morgan fingerprint density at radius 3 is 2.71 bits per heavy atom. The fraction of sp³-hybridized carbons (Fsp3) is 0.625. The number of carbonyl (C=O) groups excluding carboxylic acids is 1. The quantitative estimate of drug-likeness (QED) is 0.396. The predicted octanol–water partition coefficient (Wildman–Crippen LogP) is 2.64. The Balaban J connectivity index is 4.38. The van der Waals surface area contributed by atoms with Gasteiger partial charge in [-0.2, -0.15) is 0 Å². The summed E-state index contributed by atoms with van der Waals surface area (Å²) in [6.07, 6.45) is 4.70. The van der Waals surface area contributed by atoms with Gasteiger partial charge in [-0.25, -0.2) is 0 Å². The average molecular weight is 253 g/mol. The number of hydrogen-bond acceptors (Lipinski definition) is 4. The zero-order valence-electron chi connectivity index (χ0n) is 8.67. The van der Waals surface area contributed by atoms with Gasteiger partial charge in [0, 0.05) is 12.8 Å². The van der Waals surface area contributed by atoms with Gasteiger partial charge < -0.3 is 4.52 Å². The molecule has 0 N–H and O–H groups in total. The minimum absolute atomic E-state index is 0.540. The molecule has 3 nitrogen and oxygen atoms in total. The van der Waals surface area contributed by atoms with Gasteiger partial charge >= 0.3 is 0 Å². The third-order valence-electron chi connectivity index (χ3n) is 1.40. The molecule has 0 aromatic rings. The molecule has 0 aliphatic carbocycles. The zero-order valence-corrected chi connectivity index (χ0v) is 11.2. The van der Waals surface area contributed by atoms with Crippen LogP contribution in [0.25, 0.3) is 0 Å². The maximum atomic E-state index is 10.6. The molecule has 82 valence electrons. The molecule has 0 rings (SSSR count). The minimum atomic E-state index is -2.18. The molecule has 6 heteroatoms. The molecular weight excluding hydrogens is 237 g/mol. The van der Waals surface area contributed by atoms with Gasteiger partial charge in [-0.15, -0.1) is 0 Å². The van der Waals surface area contributed by atoms with Gasteiger partial charge in [0.15, 0.2) is 0 Å². The SMILES string of the molecule is CC=CCSP(=S)(OCC)N(C)C=O. The van der Waals surface area contributed by atoms with Crippen molar-refractivity contribution in [2.45, 2.75) is 13.8 Å². The molecular formula is C8H16NO2PS2. The number of amides is 1. The van der Waals surface area contributed by atoms with E-state index in [0.717, 1.165) is 12.2 Å². The Bertz CT molecular complexity index is 245. The van der Waals surface area contributed by atoms with Crippen LogP contribution in [-0.2, 0) is 21.1 Å². The van der Waals surface area contributed by atoms with Crippen LogP contribution in [0.1, 0.15) is 13.8 Å². The molecule has 0 fully saturated rings. The lowest BCUT2D eigenvalue weighted by molar-refractivity contribution is -0.113. The average Bonchev–Trinajstić information content (AvgIpc) is 2.17. The number of allylic oxidation sites excluding steroid dienone is 1. The van der Waals surface area contributed by atoms with E-state index in [2.05, 4.69) is 0 Å². The van der Waals surface area contributed by atoms with E-state index >= 15 is 0 Å². The molecule has 0 spiro atoms. The lowest BCUT2D eigenvalue weighted by Gasteiger charge is -2.26. The summed E-state index contributed by atoms with van der Waals surface area (Å²) in [5, 5.41) is 0. The first-order valence-electron chi connectivity index (χ1n) is 4.29. The van der Waals surface area contributed by atoms with E-state index in [9.17, 15) is 4.79 Å². The Morgan fingerprint density at radius 2 is 2.29 bits per heavy atom. The highest BCUT2D eigenvalue weighted by atomic mass is 32.9. The van der Waals surface area contributed by atoms with Crippen LogP contribution >= 0.6 is 17.0 Å². The van der Waals surface area contributed by atoms with Crippen molar-refractivity contribution in [3.05, 3.63) is 12.2 Å². The number of rotatable bonds is 7. The molecule has 1 unspecified atom stereocenters. The van der Waals surface area contributed by atoms with Crippen LogP contribution in [0.5, 0.6) is 0 Å². The van der Waals surface area contributed by atoms with Gasteiger partial charge in [0.05, 0.1) is 6.61 Å². The van der Waals surface area contributed by atoms with Crippen LogP contribution in [0.3, 0.4) is 0 Å². The van der Waals surface area contributed by atoms with Gasteiger partial charge in [-0.05, 0) is 25.7 Å². The van der Waals surface area contributed by atoms with Crippen LogP contribution in [0.2, 0.25) is 0 Å². The third kappa shape index (κ3) is 4.60. The van der Waals surface area contributed by atoms with Crippen molar-refractivity contribution in [2.75, 3.05) is 19.4 Å². The fourth-order valence-electron chi connectivity index (χ4n) is 0.674. The summed E-state index contributed by atoms with van der Waals surface area (Å²) in [6, 6.07) is 0.